The first-order valence-corrected chi connectivity index (χ1v) is 11.0. The number of hydrogen-bond donors (Lipinski definition) is 1. The van der Waals surface area contributed by atoms with Crippen LogP contribution in [0.25, 0.3) is 0 Å². The SMILES string of the molecule is COc1ccc(S(=O)(=O)N(CC(=O)N/N=C\c2ccc(Cl)cc2)c2ccccc2)cc1. The molecule has 0 aromatic heterocycles. The number of carbonyl (C=O) groups is 1. The van der Waals surface area contributed by atoms with Crippen LogP contribution in [0.5, 0.6) is 5.75 Å². The number of para-hydroxylation sites is 1. The Morgan fingerprint density at radius 2 is 1.68 bits per heavy atom. The van der Waals surface area contributed by atoms with Crippen LogP contribution in [0, 0.1) is 0 Å². The van der Waals surface area contributed by atoms with E-state index in [-0.39, 0.29) is 4.90 Å². The lowest BCUT2D eigenvalue weighted by Gasteiger charge is -2.23. The standard InChI is InChI=1S/C22H20ClN3O4S/c1-30-20-11-13-21(14-12-20)31(28,29)26(19-5-3-2-4-6-19)16-22(27)25-24-15-17-7-9-18(23)10-8-17/h2-15H,16H2,1H3,(H,25,27)/b24-15-. The number of nitrogens with zero attached hydrogens (tertiary/aromatic N) is 2. The van der Waals surface area contributed by atoms with Gasteiger partial charge in [-0.2, -0.15) is 5.10 Å². The van der Waals surface area contributed by atoms with Gasteiger partial charge in [-0.15, -0.1) is 0 Å². The molecule has 0 saturated heterocycles. The highest BCUT2D eigenvalue weighted by Crippen LogP contribution is 2.24. The number of amides is 1. The fourth-order valence-corrected chi connectivity index (χ4v) is 4.22. The normalized spacial score (nSPS) is 11.3. The summed E-state index contributed by atoms with van der Waals surface area (Å²) in [5.74, 6) is -0.0642. The van der Waals surface area contributed by atoms with Crippen molar-refractivity contribution in [1.82, 2.24) is 5.43 Å². The van der Waals surface area contributed by atoms with Crippen LogP contribution in [0.2, 0.25) is 5.02 Å². The second-order valence-electron chi connectivity index (χ2n) is 6.37. The molecule has 31 heavy (non-hydrogen) atoms. The predicted octanol–water partition coefficient (Wildman–Crippen LogP) is 3.69. The van der Waals surface area contributed by atoms with Crippen molar-refractivity contribution in [2.75, 3.05) is 18.0 Å². The molecular weight excluding hydrogens is 438 g/mol. The van der Waals surface area contributed by atoms with E-state index in [0.29, 0.717) is 16.5 Å². The zero-order valence-corrected chi connectivity index (χ0v) is 18.2. The highest BCUT2D eigenvalue weighted by molar-refractivity contribution is 7.92. The van der Waals surface area contributed by atoms with Crippen LogP contribution in [0.3, 0.4) is 0 Å². The van der Waals surface area contributed by atoms with Crippen molar-refractivity contribution in [3.05, 3.63) is 89.4 Å². The minimum atomic E-state index is -4.01. The predicted molar refractivity (Wildman–Crippen MR) is 121 cm³/mol. The van der Waals surface area contributed by atoms with Crippen LogP contribution in [0.4, 0.5) is 5.69 Å². The number of halogens is 1. The Morgan fingerprint density at radius 1 is 1.03 bits per heavy atom. The van der Waals surface area contributed by atoms with E-state index in [4.69, 9.17) is 16.3 Å². The molecule has 3 rings (SSSR count). The second kappa shape index (κ2) is 10.1. The average molecular weight is 458 g/mol. The van der Waals surface area contributed by atoms with Gasteiger partial charge in [0.1, 0.15) is 12.3 Å². The number of hydrogen-bond acceptors (Lipinski definition) is 5. The minimum Gasteiger partial charge on any atom is -0.497 e. The van der Waals surface area contributed by atoms with Crippen molar-refractivity contribution in [2.45, 2.75) is 4.90 Å². The third-order valence-electron chi connectivity index (χ3n) is 4.25. The number of benzene rings is 3. The maximum Gasteiger partial charge on any atom is 0.264 e. The minimum absolute atomic E-state index is 0.0367. The van der Waals surface area contributed by atoms with Crippen molar-refractivity contribution >= 4 is 39.4 Å². The Balaban J connectivity index is 1.80. The molecule has 0 radical (unpaired) electrons. The molecule has 0 aliphatic carbocycles. The molecule has 0 fully saturated rings. The molecule has 0 aliphatic heterocycles. The van der Waals surface area contributed by atoms with Gasteiger partial charge in [0, 0.05) is 5.02 Å². The van der Waals surface area contributed by atoms with E-state index in [0.717, 1.165) is 9.87 Å². The summed E-state index contributed by atoms with van der Waals surface area (Å²) in [7, 11) is -2.51. The van der Waals surface area contributed by atoms with Gasteiger partial charge in [0.15, 0.2) is 0 Å². The van der Waals surface area contributed by atoms with Gasteiger partial charge in [-0.3, -0.25) is 9.10 Å². The smallest absolute Gasteiger partial charge is 0.264 e. The van der Waals surface area contributed by atoms with Crippen molar-refractivity contribution in [3.63, 3.8) is 0 Å². The van der Waals surface area contributed by atoms with Gasteiger partial charge in [0.25, 0.3) is 15.9 Å². The topological polar surface area (TPSA) is 88.1 Å². The first-order chi connectivity index (χ1) is 14.9. The van der Waals surface area contributed by atoms with Gasteiger partial charge in [-0.25, -0.2) is 13.8 Å². The summed E-state index contributed by atoms with van der Waals surface area (Å²) in [4.78, 5) is 12.5. The molecule has 160 valence electrons. The Kier molecular flexibility index (Phi) is 7.28. The van der Waals surface area contributed by atoms with Crippen molar-refractivity contribution in [3.8, 4) is 5.75 Å². The number of methoxy groups -OCH3 is 1. The first kappa shape index (κ1) is 22.3. The molecule has 0 saturated carbocycles. The van der Waals surface area contributed by atoms with Crippen LogP contribution in [-0.4, -0.2) is 34.2 Å². The summed E-state index contributed by atoms with van der Waals surface area (Å²) in [5, 5.41) is 4.48. The van der Waals surface area contributed by atoms with Crippen LogP contribution >= 0.6 is 11.6 Å². The van der Waals surface area contributed by atoms with Crippen LogP contribution in [0.1, 0.15) is 5.56 Å². The Bertz CT molecular complexity index is 1150. The third-order valence-corrected chi connectivity index (χ3v) is 6.29. The lowest BCUT2D eigenvalue weighted by molar-refractivity contribution is -0.119. The summed E-state index contributed by atoms with van der Waals surface area (Å²) in [6.07, 6.45) is 1.44. The summed E-state index contributed by atoms with van der Waals surface area (Å²) >= 11 is 5.84. The molecule has 1 amide bonds. The zero-order valence-electron chi connectivity index (χ0n) is 16.6. The van der Waals surface area contributed by atoms with E-state index in [1.807, 2.05) is 0 Å². The highest BCUT2D eigenvalue weighted by atomic mass is 35.5. The largest absolute Gasteiger partial charge is 0.497 e. The Hall–Kier alpha value is -3.36. The molecule has 0 bridgehead atoms. The second-order valence-corrected chi connectivity index (χ2v) is 8.67. The summed E-state index contributed by atoms with van der Waals surface area (Å²) in [6, 6.07) is 21.2. The molecule has 0 heterocycles. The molecule has 0 aliphatic rings. The van der Waals surface area contributed by atoms with E-state index in [2.05, 4.69) is 10.5 Å². The fraction of sp³-hybridized carbons (Fsp3) is 0.0909. The van der Waals surface area contributed by atoms with Crippen molar-refractivity contribution < 1.29 is 17.9 Å². The molecule has 0 unspecified atom stereocenters. The summed E-state index contributed by atoms with van der Waals surface area (Å²) in [5.41, 5.74) is 3.45. The van der Waals surface area contributed by atoms with Gasteiger partial charge >= 0.3 is 0 Å². The monoisotopic (exact) mass is 457 g/mol. The summed E-state index contributed by atoms with van der Waals surface area (Å²) in [6.45, 7) is -0.448. The van der Waals surface area contributed by atoms with Gasteiger partial charge in [-0.05, 0) is 54.1 Å². The van der Waals surface area contributed by atoms with Crippen LogP contribution in [0.15, 0.2) is 88.9 Å². The Morgan fingerprint density at radius 3 is 2.29 bits per heavy atom. The third kappa shape index (κ3) is 5.84. The molecule has 3 aromatic carbocycles. The van der Waals surface area contributed by atoms with Crippen LogP contribution in [-0.2, 0) is 14.8 Å². The summed E-state index contributed by atoms with van der Waals surface area (Å²) < 4.78 is 32.6. The number of sulfonamides is 1. The molecule has 1 N–H and O–H groups in total. The molecular formula is C22H20ClN3O4S. The van der Waals surface area contributed by atoms with E-state index in [9.17, 15) is 13.2 Å². The lowest BCUT2D eigenvalue weighted by Crippen LogP contribution is -2.39. The molecule has 0 atom stereocenters. The van der Waals surface area contributed by atoms with Gasteiger partial charge in [-0.1, -0.05) is 41.9 Å². The van der Waals surface area contributed by atoms with Gasteiger partial charge < -0.3 is 4.74 Å². The van der Waals surface area contributed by atoms with Crippen molar-refractivity contribution in [1.29, 1.82) is 0 Å². The van der Waals surface area contributed by atoms with Gasteiger partial charge in [0.2, 0.25) is 0 Å². The van der Waals surface area contributed by atoms with E-state index in [1.54, 1.807) is 66.7 Å². The Labute approximate surface area is 186 Å². The van der Waals surface area contributed by atoms with Crippen molar-refractivity contribution in [2.24, 2.45) is 5.10 Å². The number of ether oxygens (including phenoxy) is 1. The molecule has 7 nitrogen and oxygen atoms in total. The number of rotatable bonds is 8. The maximum absolute atomic E-state index is 13.2. The van der Waals surface area contributed by atoms with E-state index in [1.165, 1.54) is 25.5 Å². The zero-order chi connectivity index (χ0) is 22.3. The van der Waals surface area contributed by atoms with Gasteiger partial charge in [0.05, 0.1) is 23.9 Å². The average Bonchev–Trinajstić information content (AvgIpc) is 2.79. The maximum atomic E-state index is 13.2. The van der Waals surface area contributed by atoms with E-state index < -0.39 is 22.5 Å². The highest BCUT2D eigenvalue weighted by Gasteiger charge is 2.27. The lowest BCUT2D eigenvalue weighted by atomic mass is 10.2. The fourth-order valence-electron chi connectivity index (χ4n) is 2.68. The number of nitrogens with one attached hydrogen (secondary N) is 1. The number of carbonyl (C=O) groups excluding carboxylic acids is 1. The number of anilines is 1. The molecule has 9 heteroatoms. The number of hydrazone groups is 1. The quantitative estimate of drug-likeness (QED) is 0.412. The van der Waals surface area contributed by atoms with Crippen LogP contribution < -0.4 is 14.5 Å². The van der Waals surface area contributed by atoms with E-state index >= 15 is 0 Å². The molecule has 3 aromatic rings. The molecule has 0 spiro atoms. The first-order valence-electron chi connectivity index (χ1n) is 9.19.